The van der Waals surface area contributed by atoms with Gasteiger partial charge in [-0.2, -0.15) is 13.2 Å². The maximum atomic E-state index is 12.7. The van der Waals surface area contributed by atoms with Crippen LogP contribution in [0.15, 0.2) is 16.7 Å². The highest BCUT2D eigenvalue weighted by Crippen LogP contribution is 2.34. The smallest absolute Gasteiger partial charge is 0.354 e. The number of hydrogen-bond donors (Lipinski definition) is 1. The van der Waals surface area contributed by atoms with Crippen molar-refractivity contribution < 1.29 is 21.6 Å². The van der Waals surface area contributed by atoms with Gasteiger partial charge in [0.2, 0.25) is 10.0 Å². The summed E-state index contributed by atoms with van der Waals surface area (Å²) in [6.07, 6.45) is -2.26. The van der Waals surface area contributed by atoms with Crippen molar-refractivity contribution in [3.05, 3.63) is 22.3 Å². The molecule has 1 aromatic heterocycles. The molecular weight excluding hydrogens is 411 g/mol. The fraction of sp³-hybridized carbons (Fsp3) is 0.643. The number of pyridine rings is 1. The van der Waals surface area contributed by atoms with Gasteiger partial charge in [-0.15, -0.1) is 0 Å². The van der Waals surface area contributed by atoms with Crippen molar-refractivity contribution in [1.29, 1.82) is 0 Å². The molecule has 136 valence electrons. The van der Waals surface area contributed by atoms with Gasteiger partial charge in [-0.1, -0.05) is 0 Å². The van der Waals surface area contributed by atoms with Gasteiger partial charge < -0.3 is 4.90 Å². The monoisotopic (exact) mass is 429 g/mol. The van der Waals surface area contributed by atoms with Crippen LogP contribution in [0.5, 0.6) is 0 Å². The third-order valence-corrected chi connectivity index (χ3v) is 6.31. The molecule has 1 unspecified atom stereocenters. The Kier molecular flexibility index (Phi) is 5.81. The van der Waals surface area contributed by atoms with Gasteiger partial charge in [0.25, 0.3) is 0 Å². The molecule has 2 heterocycles. The molecule has 0 saturated carbocycles. The molecule has 0 bridgehead atoms. The predicted octanol–water partition coefficient (Wildman–Crippen LogP) is 3.16. The van der Waals surface area contributed by atoms with Crippen LogP contribution < -0.4 is 9.62 Å². The van der Waals surface area contributed by atoms with Crippen LogP contribution in [0.1, 0.15) is 32.3 Å². The Morgan fingerprint density at radius 2 is 2.08 bits per heavy atom. The molecule has 0 amide bonds. The number of anilines is 1. The van der Waals surface area contributed by atoms with Crippen LogP contribution in [0.25, 0.3) is 0 Å². The van der Waals surface area contributed by atoms with Gasteiger partial charge in [0.1, 0.15) is 5.82 Å². The zero-order valence-electron chi connectivity index (χ0n) is 13.3. The van der Waals surface area contributed by atoms with Crippen molar-refractivity contribution >= 4 is 31.8 Å². The molecule has 1 atom stereocenters. The minimum Gasteiger partial charge on any atom is -0.354 e. The summed E-state index contributed by atoms with van der Waals surface area (Å²) in [5.41, 5.74) is -0.827. The van der Waals surface area contributed by atoms with E-state index in [1.54, 1.807) is 18.7 Å². The first-order valence-electron chi connectivity index (χ1n) is 7.49. The lowest BCUT2D eigenvalue weighted by molar-refractivity contribution is -0.137. The van der Waals surface area contributed by atoms with E-state index in [-0.39, 0.29) is 10.5 Å². The fourth-order valence-corrected chi connectivity index (χ4v) is 3.98. The molecule has 1 aliphatic rings. The Morgan fingerprint density at radius 3 is 2.62 bits per heavy atom. The lowest BCUT2D eigenvalue weighted by Gasteiger charge is -2.34. The number of piperidine rings is 1. The van der Waals surface area contributed by atoms with E-state index < -0.39 is 27.0 Å². The van der Waals surface area contributed by atoms with Gasteiger partial charge in [0.05, 0.1) is 15.3 Å². The highest BCUT2D eigenvalue weighted by molar-refractivity contribution is 9.10. The second-order valence-electron chi connectivity index (χ2n) is 6.02. The molecule has 2 rings (SSSR count). The van der Waals surface area contributed by atoms with Crippen LogP contribution in [0.4, 0.5) is 19.0 Å². The molecule has 0 spiro atoms. The van der Waals surface area contributed by atoms with E-state index in [9.17, 15) is 21.6 Å². The molecule has 1 aromatic rings. The Labute approximate surface area is 147 Å². The first-order chi connectivity index (χ1) is 11.0. The molecule has 1 N–H and O–H groups in total. The van der Waals surface area contributed by atoms with Gasteiger partial charge in [0.15, 0.2) is 0 Å². The maximum absolute atomic E-state index is 12.7. The van der Waals surface area contributed by atoms with Crippen molar-refractivity contribution in [3.8, 4) is 0 Å². The standard InChI is InChI=1S/C14H19BrF3N3O2S/c1-9(2)24(22,23)20-11-4-3-5-21(8-11)13-12(15)6-10(7-19-13)14(16,17)18/h6-7,9,11,20H,3-5,8H2,1-2H3. The number of rotatable bonds is 4. The number of sulfonamides is 1. The third-order valence-electron chi connectivity index (χ3n) is 3.82. The van der Waals surface area contributed by atoms with E-state index in [1.807, 2.05) is 0 Å². The van der Waals surface area contributed by atoms with Crippen molar-refractivity contribution in [1.82, 2.24) is 9.71 Å². The first kappa shape index (κ1) is 19.5. The highest BCUT2D eigenvalue weighted by Gasteiger charge is 2.33. The number of alkyl halides is 3. The molecule has 1 saturated heterocycles. The van der Waals surface area contributed by atoms with E-state index in [1.165, 1.54) is 0 Å². The van der Waals surface area contributed by atoms with Crippen molar-refractivity contribution in [2.75, 3.05) is 18.0 Å². The summed E-state index contributed by atoms with van der Waals surface area (Å²) in [7, 11) is -3.40. The van der Waals surface area contributed by atoms with Crippen molar-refractivity contribution in [2.24, 2.45) is 0 Å². The van der Waals surface area contributed by atoms with E-state index in [0.717, 1.165) is 18.7 Å². The molecule has 5 nitrogen and oxygen atoms in total. The molecule has 10 heteroatoms. The molecule has 1 fully saturated rings. The predicted molar refractivity (Wildman–Crippen MR) is 89.4 cm³/mol. The van der Waals surface area contributed by atoms with Gasteiger partial charge in [-0.25, -0.2) is 18.1 Å². The zero-order chi connectivity index (χ0) is 18.1. The van der Waals surface area contributed by atoms with E-state index in [4.69, 9.17) is 0 Å². The number of halogens is 4. The average Bonchev–Trinajstić information content (AvgIpc) is 2.45. The summed E-state index contributed by atoms with van der Waals surface area (Å²) in [5, 5.41) is -0.538. The topological polar surface area (TPSA) is 62.3 Å². The summed E-state index contributed by atoms with van der Waals surface area (Å²) in [4.78, 5) is 5.71. The molecular formula is C14H19BrF3N3O2S. The summed E-state index contributed by atoms with van der Waals surface area (Å²) in [6, 6.07) is 0.701. The summed E-state index contributed by atoms with van der Waals surface area (Å²) in [5.74, 6) is 0.386. The van der Waals surface area contributed by atoms with Crippen LogP contribution in [0.3, 0.4) is 0 Å². The Morgan fingerprint density at radius 1 is 1.42 bits per heavy atom. The average molecular weight is 430 g/mol. The summed E-state index contributed by atoms with van der Waals surface area (Å²) >= 11 is 3.14. The Bertz CT molecular complexity index is 695. The zero-order valence-corrected chi connectivity index (χ0v) is 15.7. The first-order valence-corrected chi connectivity index (χ1v) is 9.83. The van der Waals surface area contributed by atoms with Crippen molar-refractivity contribution in [3.63, 3.8) is 0 Å². The van der Waals surface area contributed by atoms with Crippen LogP contribution in [-0.4, -0.2) is 37.8 Å². The van der Waals surface area contributed by atoms with Gasteiger partial charge in [-0.05, 0) is 48.7 Å². The molecule has 1 aliphatic heterocycles. The van der Waals surface area contributed by atoms with Crippen LogP contribution in [0, 0.1) is 0 Å². The molecule has 24 heavy (non-hydrogen) atoms. The minimum atomic E-state index is -4.45. The largest absolute Gasteiger partial charge is 0.417 e. The molecule has 0 radical (unpaired) electrons. The van der Waals surface area contributed by atoms with Gasteiger partial charge >= 0.3 is 6.18 Å². The maximum Gasteiger partial charge on any atom is 0.417 e. The SMILES string of the molecule is CC(C)S(=O)(=O)NC1CCCN(c2ncc(C(F)(F)F)cc2Br)C1. The third kappa shape index (κ3) is 4.60. The fourth-order valence-electron chi connectivity index (χ4n) is 2.45. The molecule has 0 aliphatic carbocycles. The number of hydrogen-bond acceptors (Lipinski definition) is 4. The van der Waals surface area contributed by atoms with Gasteiger partial charge in [0, 0.05) is 25.3 Å². The van der Waals surface area contributed by atoms with Gasteiger partial charge in [-0.3, -0.25) is 0 Å². The number of aromatic nitrogens is 1. The van der Waals surface area contributed by atoms with E-state index >= 15 is 0 Å². The lowest BCUT2D eigenvalue weighted by Crippen LogP contribution is -2.49. The van der Waals surface area contributed by atoms with Crippen LogP contribution >= 0.6 is 15.9 Å². The number of nitrogens with zero attached hydrogens (tertiary/aromatic N) is 2. The second-order valence-corrected chi connectivity index (χ2v) is 9.15. The Hall–Kier alpha value is -0.870. The van der Waals surface area contributed by atoms with E-state index in [0.29, 0.717) is 25.3 Å². The number of nitrogens with one attached hydrogen (secondary N) is 1. The molecule has 0 aromatic carbocycles. The summed E-state index contributed by atoms with van der Waals surface area (Å²) < 4.78 is 65.0. The second kappa shape index (κ2) is 7.17. The van der Waals surface area contributed by atoms with Crippen LogP contribution in [-0.2, 0) is 16.2 Å². The normalized spacial score (nSPS) is 19.8. The van der Waals surface area contributed by atoms with Crippen molar-refractivity contribution in [2.45, 2.75) is 44.2 Å². The minimum absolute atomic E-state index is 0.240. The quantitative estimate of drug-likeness (QED) is 0.798. The summed E-state index contributed by atoms with van der Waals surface area (Å²) in [6.45, 7) is 4.16. The van der Waals surface area contributed by atoms with E-state index in [2.05, 4.69) is 25.6 Å². The lowest BCUT2D eigenvalue weighted by atomic mass is 10.1. The highest BCUT2D eigenvalue weighted by atomic mass is 79.9. The Balaban J connectivity index is 2.15. The van der Waals surface area contributed by atoms with Crippen LogP contribution in [0.2, 0.25) is 0 Å².